The molecule has 0 saturated carbocycles. The van der Waals surface area contributed by atoms with Crippen LogP contribution in [0.3, 0.4) is 0 Å². The Balaban J connectivity index is 2.63. The van der Waals surface area contributed by atoms with Crippen LogP contribution >= 0.6 is 0 Å². The summed E-state index contributed by atoms with van der Waals surface area (Å²) in [6.45, 7) is -0.376. The van der Waals surface area contributed by atoms with E-state index in [1.807, 2.05) is 16.0 Å². The van der Waals surface area contributed by atoms with Gasteiger partial charge in [-0.25, -0.2) is 0 Å². The number of aliphatic hydroxyl groups excluding tert-OH is 4. The fourth-order valence-electron chi connectivity index (χ4n) is 1.08. The van der Waals surface area contributed by atoms with Crippen LogP contribution in [0.15, 0.2) is 0 Å². The van der Waals surface area contributed by atoms with Gasteiger partial charge in [-0.1, -0.05) is 0 Å². The predicted molar refractivity (Wildman–Crippen MR) is 40.9 cm³/mol. The van der Waals surface area contributed by atoms with E-state index in [1.54, 1.807) is 0 Å². The summed E-state index contributed by atoms with van der Waals surface area (Å²) in [5.74, 6) is 0. The van der Waals surface area contributed by atoms with Gasteiger partial charge in [0.05, 0.1) is 0 Å². The minimum atomic E-state index is -1.26. The van der Waals surface area contributed by atoms with Crippen molar-refractivity contribution in [2.24, 2.45) is 0 Å². The van der Waals surface area contributed by atoms with Crippen molar-refractivity contribution < 1.29 is 25.2 Å². The third kappa shape index (κ3) is 1.80. The molecule has 0 aliphatic carbocycles. The van der Waals surface area contributed by atoms with Crippen molar-refractivity contribution in [3.63, 3.8) is 0 Å². The molecule has 0 aromatic carbocycles. The average molecular weight is 243 g/mol. The molecule has 6 heteroatoms. The van der Waals surface area contributed by atoms with Crippen LogP contribution in [0.25, 0.3) is 0 Å². The molecule has 5 nitrogen and oxygen atoms in total. The second kappa shape index (κ2) is 4.02. The summed E-state index contributed by atoms with van der Waals surface area (Å²) in [5.41, 5.74) is 0. The van der Waals surface area contributed by atoms with E-state index in [-0.39, 0.29) is 6.61 Å². The first-order chi connectivity index (χ1) is 5.57. The van der Waals surface area contributed by atoms with E-state index in [0.717, 1.165) is 0 Å². The summed E-state index contributed by atoms with van der Waals surface area (Å²) in [7, 11) is 0. The third-order valence-electron chi connectivity index (χ3n) is 1.87. The van der Waals surface area contributed by atoms with Gasteiger partial charge in [0.2, 0.25) is 0 Å². The molecule has 5 atom stereocenters. The fourth-order valence-corrected chi connectivity index (χ4v) is 1.78. The van der Waals surface area contributed by atoms with Crippen molar-refractivity contribution in [2.45, 2.75) is 29.4 Å². The van der Waals surface area contributed by atoms with Crippen LogP contribution in [0.4, 0.5) is 0 Å². The summed E-state index contributed by atoms with van der Waals surface area (Å²) in [6, 6.07) is 0. The van der Waals surface area contributed by atoms with E-state index in [4.69, 9.17) is 9.84 Å². The normalized spacial score (nSPS) is 49.2. The van der Waals surface area contributed by atoms with E-state index < -0.39 is 29.4 Å². The van der Waals surface area contributed by atoms with E-state index in [1.165, 1.54) is 0 Å². The zero-order valence-corrected chi connectivity index (χ0v) is 8.11. The standard InChI is InChI=1S/C6H12O5Se/c7-1-2-3(8)4(9)5(10)6(12)11-2/h2-10,12H,1H2/t2-,3-,4+,5+,6+/m0/s1. The Morgan fingerprint density at radius 1 is 1.08 bits per heavy atom. The van der Waals surface area contributed by atoms with E-state index in [9.17, 15) is 15.3 Å². The number of hydrogen-bond donors (Lipinski definition) is 4. The number of aliphatic hydroxyl groups is 4. The average Bonchev–Trinajstić information content (AvgIpc) is 2.08. The van der Waals surface area contributed by atoms with Crippen LogP contribution < -0.4 is 0 Å². The first kappa shape index (κ1) is 10.4. The van der Waals surface area contributed by atoms with Gasteiger partial charge in [0.1, 0.15) is 0 Å². The molecule has 0 unspecified atom stereocenters. The van der Waals surface area contributed by atoms with Crippen molar-refractivity contribution in [1.29, 1.82) is 0 Å². The molecule has 0 aromatic rings. The summed E-state index contributed by atoms with van der Waals surface area (Å²) in [5, 5.41) is 35.7. The van der Waals surface area contributed by atoms with E-state index in [0.29, 0.717) is 0 Å². The van der Waals surface area contributed by atoms with Gasteiger partial charge < -0.3 is 0 Å². The van der Waals surface area contributed by atoms with Gasteiger partial charge in [-0.3, -0.25) is 0 Å². The second-order valence-electron chi connectivity index (χ2n) is 2.72. The Morgan fingerprint density at radius 2 is 1.67 bits per heavy atom. The molecule has 0 aromatic heterocycles. The van der Waals surface area contributed by atoms with Gasteiger partial charge in [-0.15, -0.1) is 0 Å². The molecule has 1 rings (SSSR count). The zero-order chi connectivity index (χ0) is 9.30. The number of hydrogen-bond acceptors (Lipinski definition) is 5. The predicted octanol–water partition coefficient (Wildman–Crippen LogP) is -3.31. The Morgan fingerprint density at radius 3 is 2.17 bits per heavy atom. The Bertz CT molecular complexity index is 150. The van der Waals surface area contributed by atoms with Crippen molar-refractivity contribution in [2.75, 3.05) is 6.61 Å². The first-order valence-electron chi connectivity index (χ1n) is 3.56. The second-order valence-corrected chi connectivity index (χ2v) is 3.79. The molecule has 1 heterocycles. The van der Waals surface area contributed by atoms with E-state index >= 15 is 0 Å². The summed E-state index contributed by atoms with van der Waals surface area (Å²) in [6.07, 6.45) is -4.44. The van der Waals surface area contributed by atoms with Gasteiger partial charge in [0.25, 0.3) is 0 Å². The Labute approximate surface area is 77.8 Å². The summed E-state index contributed by atoms with van der Waals surface area (Å²) in [4.78, 5) is 0. The zero-order valence-electron chi connectivity index (χ0n) is 6.24. The van der Waals surface area contributed by atoms with Crippen LogP contribution in [-0.4, -0.2) is 72.5 Å². The van der Waals surface area contributed by atoms with Gasteiger partial charge in [0, 0.05) is 0 Å². The molecular formula is C6H12O5Se. The Hall–Kier alpha value is 0.319. The molecule has 72 valence electrons. The van der Waals surface area contributed by atoms with E-state index in [2.05, 4.69) is 0 Å². The maximum absolute atomic E-state index is 9.22. The van der Waals surface area contributed by atoms with Crippen molar-refractivity contribution in [1.82, 2.24) is 0 Å². The third-order valence-corrected chi connectivity index (χ3v) is 2.76. The van der Waals surface area contributed by atoms with Gasteiger partial charge in [-0.05, 0) is 0 Å². The minimum absolute atomic E-state index is 0.376. The van der Waals surface area contributed by atoms with Gasteiger partial charge in [0.15, 0.2) is 0 Å². The monoisotopic (exact) mass is 244 g/mol. The molecule has 4 N–H and O–H groups in total. The molecular weight excluding hydrogens is 231 g/mol. The Kier molecular flexibility index (Phi) is 3.48. The molecule has 12 heavy (non-hydrogen) atoms. The molecule has 1 fully saturated rings. The summed E-state index contributed by atoms with van der Waals surface area (Å²) >= 11 is 2.03. The number of ether oxygens (including phenoxy) is 1. The fraction of sp³-hybridized carbons (Fsp3) is 1.00. The SMILES string of the molecule is OC[C@@H]1O[C@H]([SeH])[C@H](O)[C@H](O)[C@H]1O. The molecule has 0 radical (unpaired) electrons. The summed E-state index contributed by atoms with van der Waals surface area (Å²) < 4.78 is 4.99. The number of rotatable bonds is 1. The van der Waals surface area contributed by atoms with Crippen molar-refractivity contribution >= 4 is 16.0 Å². The quantitative estimate of drug-likeness (QED) is 0.362. The van der Waals surface area contributed by atoms with Crippen LogP contribution in [0.5, 0.6) is 0 Å². The van der Waals surface area contributed by atoms with Crippen LogP contribution in [0, 0.1) is 0 Å². The van der Waals surface area contributed by atoms with Crippen LogP contribution in [0.1, 0.15) is 0 Å². The van der Waals surface area contributed by atoms with Crippen LogP contribution in [-0.2, 0) is 4.74 Å². The van der Waals surface area contributed by atoms with Crippen LogP contribution in [0.2, 0.25) is 0 Å². The molecule has 0 amide bonds. The molecule has 1 aliphatic rings. The molecule has 1 aliphatic heterocycles. The van der Waals surface area contributed by atoms with Gasteiger partial charge in [-0.2, -0.15) is 0 Å². The molecule has 1 saturated heterocycles. The first-order valence-corrected chi connectivity index (χ1v) is 4.65. The molecule has 0 spiro atoms. The van der Waals surface area contributed by atoms with Crippen molar-refractivity contribution in [3.05, 3.63) is 0 Å². The van der Waals surface area contributed by atoms with Gasteiger partial charge >= 0.3 is 77.2 Å². The molecule has 0 bridgehead atoms. The van der Waals surface area contributed by atoms with Crippen molar-refractivity contribution in [3.8, 4) is 0 Å². The topological polar surface area (TPSA) is 90.2 Å². The maximum atomic E-state index is 9.22.